The first-order valence-corrected chi connectivity index (χ1v) is 8.05. The lowest BCUT2D eigenvalue weighted by molar-refractivity contribution is 0.0930. The second-order valence-corrected chi connectivity index (χ2v) is 5.95. The number of methoxy groups -OCH3 is 1. The zero-order valence-corrected chi connectivity index (χ0v) is 14.8. The molecule has 1 heterocycles. The lowest BCUT2D eigenvalue weighted by Crippen LogP contribution is -2.29. The fraction of sp³-hybridized carbons (Fsp3) is 0.250. The molecule has 0 aliphatic rings. The van der Waals surface area contributed by atoms with Gasteiger partial charge in [-0.2, -0.15) is 0 Å². The highest BCUT2D eigenvalue weighted by atomic mass is 35.5. The number of nitrogens with zero attached hydrogens (tertiary/aromatic N) is 1. The maximum atomic E-state index is 12.4. The summed E-state index contributed by atoms with van der Waals surface area (Å²) in [5, 5.41) is 3.26. The average Bonchev–Trinajstić information content (AvgIpc) is 2.57. The van der Waals surface area contributed by atoms with Gasteiger partial charge >= 0.3 is 0 Å². The molecule has 1 atom stereocenters. The van der Waals surface area contributed by atoms with Crippen molar-refractivity contribution in [2.24, 2.45) is 0 Å². The summed E-state index contributed by atoms with van der Waals surface area (Å²) in [6.45, 7) is 1.97. The quantitative estimate of drug-likeness (QED) is 0.808. The molecule has 4 nitrogen and oxygen atoms in total. The number of aromatic nitrogens is 1. The fourth-order valence-corrected chi connectivity index (χ4v) is 2.65. The number of carbonyl (C=O) groups is 1. The zero-order valence-electron chi connectivity index (χ0n) is 12.6. The fourth-order valence-electron chi connectivity index (χ4n) is 2.09. The monoisotopic (exact) mass is 372 g/mol. The van der Waals surface area contributed by atoms with E-state index in [1.807, 2.05) is 31.2 Å². The van der Waals surface area contributed by atoms with Crippen molar-refractivity contribution in [2.45, 2.75) is 19.4 Å². The number of halogens is 3. The van der Waals surface area contributed by atoms with Gasteiger partial charge in [-0.1, -0.05) is 53.9 Å². The van der Waals surface area contributed by atoms with Crippen molar-refractivity contribution in [3.05, 3.63) is 56.8 Å². The molecule has 23 heavy (non-hydrogen) atoms. The van der Waals surface area contributed by atoms with Crippen molar-refractivity contribution in [1.82, 2.24) is 10.3 Å². The van der Waals surface area contributed by atoms with Crippen molar-refractivity contribution in [3.63, 3.8) is 0 Å². The minimum absolute atomic E-state index is 0.0428. The summed E-state index contributed by atoms with van der Waals surface area (Å²) in [5.41, 5.74) is 1.01. The lowest BCUT2D eigenvalue weighted by Gasteiger charge is -2.18. The topological polar surface area (TPSA) is 51.2 Å². The van der Waals surface area contributed by atoms with Gasteiger partial charge in [-0.15, -0.1) is 0 Å². The minimum atomic E-state index is -0.406. The Hall–Kier alpha value is -1.49. The first kappa shape index (κ1) is 17.9. The average molecular weight is 374 g/mol. The molecule has 0 spiro atoms. The molecular weight excluding hydrogens is 359 g/mol. The summed E-state index contributed by atoms with van der Waals surface area (Å²) in [6.07, 6.45) is 2.01. The molecule has 2 aromatic rings. The molecule has 2 rings (SSSR count). The van der Waals surface area contributed by atoms with Crippen molar-refractivity contribution in [2.75, 3.05) is 7.11 Å². The first-order chi connectivity index (χ1) is 11.0. The number of benzene rings is 1. The van der Waals surface area contributed by atoms with E-state index in [-0.39, 0.29) is 26.8 Å². The summed E-state index contributed by atoms with van der Waals surface area (Å²) in [5.74, 6) is 0.348. The predicted molar refractivity (Wildman–Crippen MR) is 92.8 cm³/mol. The zero-order chi connectivity index (χ0) is 17.0. The van der Waals surface area contributed by atoms with Crippen molar-refractivity contribution in [3.8, 4) is 5.75 Å². The Morgan fingerprint density at radius 3 is 2.43 bits per heavy atom. The Kier molecular flexibility index (Phi) is 6.10. The van der Waals surface area contributed by atoms with E-state index in [0.29, 0.717) is 6.42 Å². The van der Waals surface area contributed by atoms with Gasteiger partial charge in [-0.25, -0.2) is 4.98 Å². The molecule has 0 fully saturated rings. The van der Waals surface area contributed by atoms with Crippen LogP contribution in [-0.4, -0.2) is 18.0 Å². The van der Waals surface area contributed by atoms with Crippen LogP contribution in [0.25, 0.3) is 0 Å². The molecule has 0 bridgehead atoms. The van der Waals surface area contributed by atoms with E-state index in [1.54, 1.807) is 7.11 Å². The summed E-state index contributed by atoms with van der Waals surface area (Å²) in [6, 6.07) is 7.30. The number of carbonyl (C=O) groups excluding carboxylic acids is 1. The van der Waals surface area contributed by atoms with Gasteiger partial charge in [0.25, 0.3) is 5.91 Å². The number of ether oxygens (including phenoxy) is 1. The third-order valence-electron chi connectivity index (χ3n) is 3.36. The molecule has 1 aromatic heterocycles. The van der Waals surface area contributed by atoms with Crippen LogP contribution in [0.3, 0.4) is 0 Å². The highest BCUT2D eigenvalue weighted by Gasteiger charge is 2.20. The van der Waals surface area contributed by atoms with Gasteiger partial charge in [0.15, 0.2) is 0 Å². The number of amides is 1. The van der Waals surface area contributed by atoms with E-state index in [0.717, 1.165) is 11.3 Å². The molecule has 1 amide bonds. The number of rotatable bonds is 5. The van der Waals surface area contributed by atoms with E-state index < -0.39 is 5.91 Å². The molecule has 0 saturated heterocycles. The van der Waals surface area contributed by atoms with Gasteiger partial charge in [0.1, 0.15) is 11.4 Å². The predicted octanol–water partition coefficient (Wildman–Crippen LogP) is 4.93. The highest BCUT2D eigenvalue weighted by Crippen LogP contribution is 2.31. The number of pyridine rings is 1. The van der Waals surface area contributed by atoms with Crippen LogP contribution in [0.1, 0.15) is 35.4 Å². The van der Waals surface area contributed by atoms with Crippen molar-refractivity contribution >= 4 is 40.7 Å². The van der Waals surface area contributed by atoms with Gasteiger partial charge in [-0.05, 0) is 24.1 Å². The SMILES string of the molecule is CC[C@@H](NC(=O)c1ncc(Cl)c(Cl)c1Cl)c1ccc(OC)cc1. The van der Waals surface area contributed by atoms with E-state index in [1.165, 1.54) is 6.20 Å². The minimum Gasteiger partial charge on any atom is -0.497 e. The maximum absolute atomic E-state index is 12.4. The lowest BCUT2D eigenvalue weighted by atomic mass is 10.0. The van der Waals surface area contributed by atoms with Gasteiger partial charge in [0.05, 0.1) is 28.2 Å². The van der Waals surface area contributed by atoms with Crippen LogP contribution in [-0.2, 0) is 0 Å². The second kappa shape index (κ2) is 7.86. The highest BCUT2D eigenvalue weighted by molar-refractivity contribution is 6.48. The molecule has 0 aliphatic carbocycles. The standard InChI is InChI=1S/C16H15Cl3N2O2/c1-3-12(9-4-6-10(23-2)7-5-9)21-16(22)15-14(19)13(18)11(17)8-20-15/h4-8,12H,3H2,1-2H3,(H,21,22)/t12-/m1/s1. The first-order valence-electron chi connectivity index (χ1n) is 6.92. The maximum Gasteiger partial charge on any atom is 0.271 e. The summed E-state index contributed by atoms with van der Waals surface area (Å²) < 4.78 is 5.13. The summed E-state index contributed by atoms with van der Waals surface area (Å²) in [7, 11) is 1.60. The molecule has 122 valence electrons. The molecule has 0 unspecified atom stereocenters. The van der Waals surface area contributed by atoms with Gasteiger partial charge in [0, 0.05) is 6.20 Å². The Bertz CT molecular complexity index is 705. The molecule has 0 saturated carbocycles. The third kappa shape index (κ3) is 4.08. The number of nitrogens with one attached hydrogen (secondary N) is 1. The second-order valence-electron chi connectivity index (χ2n) is 4.79. The van der Waals surface area contributed by atoms with E-state index in [4.69, 9.17) is 39.5 Å². The van der Waals surface area contributed by atoms with Crippen LogP contribution in [0.5, 0.6) is 5.75 Å². The number of hydrogen-bond donors (Lipinski definition) is 1. The molecule has 0 radical (unpaired) electrons. The Morgan fingerprint density at radius 1 is 1.22 bits per heavy atom. The Balaban J connectivity index is 2.21. The van der Waals surface area contributed by atoms with E-state index in [2.05, 4.69) is 10.3 Å². The van der Waals surface area contributed by atoms with Crippen LogP contribution < -0.4 is 10.1 Å². The van der Waals surface area contributed by atoms with Gasteiger partial charge in [-0.3, -0.25) is 4.79 Å². The van der Waals surface area contributed by atoms with Crippen molar-refractivity contribution in [1.29, 1.82) is 0 Å². The Labute approximate surface area is 149 Å². The van der Waals surface area contributed by atoms with Crippen LogP contribution in [0, 0.1) is 0 Å². The van der Waals surface area contributed by atoms with Crippen LogP contribution in [0.4, 0.5) is 0 Å². The van der Waals surface area contributed by atoms with E-state index >= 15 is 0 Å². The summed E-state index contributed by atoms with van der Waals surface area (Å²) in [4.78, 5) is 16.4. The van der Waals surface area contributed by atoms with Crippen LogP contribution in [0.2, 0.25) is 15.1 Å². The van der Waals surface area contributed by atoms with Crippen LogP contribution >= 0.6 is 34.8 Å². The molecule has 0 aliphatic heterocycles. The van der Waals surface area contributed by atoms with Gasteiger partial charge < -0.3 is 10.1 Å². The largest absolute Gasteiger partial charge is 0.497 e. The number of hydrogen-bond acceptors (Lipinski definition) is 3. The van der Waals surface area contributed by atoms with Crippen molar-refractivity contribution < 1.29 is 9.53 Å². The van der Waals surface area contributed by atoms with Crippen LogP contribution in [0.15, 0.2) is 30.5 Å². The third-order valence-corrected chi connectivity index (χ3v) is 4.60. The summed E-state index contributed by atoms with van der Waals surface area (Å²) >= 11 is 17.8. The molecule has 1 N–H and O–H groups in total. The Morgan fingerprint density at radius 2 is 1.87 bits per heavy atom. The van der Waals surface area contributed by atoms with E-state index in [9.17, 15) is 4.79 Å². The molecule has 1 aromatic carbocycles. The molecule has 7 heteroatoms. The molecular formula is C16H15Cl3N2O2. The normalized spacial score (nSPS) is 11.9. The smallest absolute Gasteiger partial charge is 0.271 e. The van der Waals surface area contributed by atoms with Gasteiger partial charge in [0.2, 0.25) is 0 Å².